The molecule has 0 aliphatic heterocycles. The molecular weight excluding hydrogens is 344 g/mol. The molecule has 0 saturated heterocycles. The summed E-state index contributed by atoms with van der Waals surface area (Å²) in [5, 5.41) is 19.9. The highest BCUT2D eigenvalue weighted by molar-refractivity contribution is 6.30. The summed E-state index contributed by atoms with van der Waals surface area (Å²) >= 11 is 5.90. The van der Waals surface area contributed by atoms with Crippen molar-refractivity contribution in [1.82, 2.24) is 0 Å². The maximum Gasteiger partial charge on any atom is 0.336 e. The number of fused-ring (bicyclic) bond motifs is 3. The van der Waals surface area contributed by atoms with E-state index in [1.807, 2.05) is 0 Å². The smallest absolute Gasteiger partial charge is 0.336 e. The van der Waals surface area contributed by atoms with Gasteiger partial charge in [0.05, 0.1) is 5.69 Å². The zero-order chi connectivity index (χ0) is 17.6. The highest BCUT2D eigenvalue weighted by Gasteiger charge is 2.18. The first-order valence-electron chi connectivity index (χ1n) is 7.39. The minimum atomic E-state index is -0.500. The van der Waals surface area contributed by atoms with Gasteiger partial charge in [0.2, 0.25) is 0 Å². The molecule has 0 amide bonds. The molecule has 7 heteroatoms. The maximum absolute atomic E-state index is 11.7. The number of aryl methyl sites for hydroxylation is 1. The van der Waals surface area contributed by atoms with Crippen LogP contribution >= 0.6 is 11.6 Å². The summed E-state index contributed by atoms with van der Waals surface area (Å²) in [6, 6.07) is 11.6. The predicted molar refractivity (Wildman–Crippen MR) is 94.3 cm³/mol. The summed E-state index contributed by atoms with van der Waals surface area (Å²) in [5.41, 5.74) is 1.36. The van der Waals surface area contributed by atoms with Gasteiger partial charge in [0, 0.05) is 16.5 Å². The van der Waals surface area contributed by atoms with Crippen molar-refractivity contribution in [2.24, 2.45) is 10.2 Å². The molecule has 0 spiro atoms. The molecule has 1 N–H and O–H groups in total. The van der Waals surface area contributed by atoms with Crippen molar-refractivity contribution >= 4 is 45.1 Å². The first-order chi connectivity index (χ1) is 12.0. The van der Waals surface area contributed by atoms with Crippen LogP contribution in [0.1, 0.15) is 5.56 Å². The van der Waals surface area contributed by atoms with Gasteiger partial charge in [0.15, 0.2) is 11.3 Å². The summed E-state index contributed by atoms with van der Waals surface area (Å²) in [6.45, 7) is 1.79. The average molecular weight is 355 g/mol. The molecule has 0 aliphatic carbocycles. The first kappa shape index (κ1) is 15.4. The molecule has 2 aromatic carbocycles. The summed E-state index contributed by atoms with van der Waals surface area (Å²) in [4.78, 5) is 11.7. The molecule has 0 bridgehead atoms. The number of nitrogens with zero attached hydrogens (tertiary/aromatic N) is 2. The Morgan fingerprint density at radius 1 is 1.08 bits per heavy atom. The van der Waals surface area contributed by atoms with Crippen LogP contribution in [-0.2, 0) is 0 Å². The zero-order valence-electron chi connectivity index (χ0n) is 13.0. The molecule has 124 valence electrons. The first-order valence-corrected chi connectivity index (χ1v) is 7.77. The standard InChI is InChI=1S/C18H11ClN2O4/c1-9-7-14(22)25-17-12(9)5-6-13-15(17)16(23)18(24-13)21-20-11-4-2-3-10(19)8-11/h2-8,23H,1H3. The van der Waals surface area contributed by atoms with Crippen LogP contribution in [0.25, 0.3) is 21.9 Å². The van der Waals surface area contributed by atoms with Crippen LogP contribution in [0.15, 0.2) is 66.3 Å². The Hall–Kier alpha value is -3.12. The summed E-state index contributed by atoms with van der Waals surface area (Å²) in [6.07, 6.45) is 0. The Labute approximate surface area is 146 Å². The fourth-order valence-corrected chi connectivity index (χ4v) is 2.83. The second-order valence-corrected chi connectivity index (χ2v) is 5.94. The van der Waals surface area contributed by atoms with Gasteiger partial charge >= 0.3 is 5.63 Å². The molecule has 0 radical (unpaired) electrons. The highest BCUT2D eigenvalue weighted by atomic mass is 35.5. The second-order valence-electron chi connectivity index (χ2n) is 5.50. The number of halogens is 1. The molecule has 0 atom stereocenters. The van der Waals surface area contributed by atoms with Crippen LogP contribution < -0.4 is 5.63 Å². The molecule has 4 aromatic rings. The Kier molecular flexibility index (Phi) is 3.54. The van der Waals surface area contributed by atoms with E-state index in [2.05, 4.69) is 10.2 Å². The molecule has 4 rings (SSSR count). The van der Waals surface area contributed by atoms with Crippen LogP contribution in [-0.4, -0.2) is 5.11 Å². The van der Waals surface area contributed by atoms with Gasteiger partial charge in [-0.3, -0.25) is 0 Å². The van der Waals surface area contributed by atoms with Crippen molar-refractivity contribution in [1.29, 1.82) is 0 Å². The molecule has 0 fully saturated rings. The lowest BCUT2D eigenvalue weighted by Gasteiger charge is -2.00. The SMILES string of the molecule is Cc1cc(=O)oc2c1ccc1oc(N=Nc3cccc(Cl)c3)c(O)c12. The summed E-state index contributed by atoms with van der Waals surface area (Å²) < 4.78 is 10.8. The third-order valence-electron chi connectivity index (χ3n) is 3.79. The third-order valence-corrected chi connectivity index (χ3v) is 4.03. The summed E-state index contributed by atoms with van der Waals surface area (Å²) in [5.74, 6) is -0.313. The van der Waals surface area contributed by atoms with Gasteiger partial charge in [-0.25, -0.2) is 4.79 Å². The van der Waals surface area contributed by atoms with Crippen LogP contribution in [0.3, 0.4) is 0 Å². The molecule has 2 heterocycles. The van der Waals surface area contributed by atoms with Crippen LogP contribution in [0.5, 0.6) is 5.75 Å². The van der Waals surface area contributed by atoms with Crippen LogP contribution in [0.2, 0.25) is 5.02 Å². The van der Waals surface area contributed by atoms with E-state index >= 15 is 0 Å². The van der Waals surface area contributed by atoms with E-state index < -0.39 is 5.63 Å². The van der Waals surface area contributed by atoms with E-state index in [0.717, 1.165) is 5.56 Å². The topological polar surface area (TPSA) is 88.3 Å². The normalized spacial score (nSPS) is 11.8. The fraction of sp³-hybridized carbons (Fsp3) is 0.0556. The van der Waals surface area contributed by atoms with Crippen molar-refractivity contribution in [3.8, 4) is 5.75 Å². The monoisotopic (exact) mass is 354 g/mol. The van der Waals surface area contributed by atoms with Gasteiger partial charge in [-0.05, 0) is 42.8 Å². The number of furan rings is 1. The maximum atomic E-state index is 11.7. The van der Waals surface area contributed by atoms with Gasteiger partial charge in [-0.15, -0.1) is 10.2 Å². The number of hydrogen-bond donors (Lipinski definition) is 1. The number of rotatable bonds is 2. The van der Waals surface area contributed by atoms with Crippen molar-refractivity contribution in [2.45, 2.75) is 6.92 Å². The number of aromatic hydroxyl groups is 1. The Bertz CT molecular complexity index is 1210. The minimum Gasteiger partial charge on any atom is -0.502 e. The van der Waals surface area contributed by atoms with E-state index in [9.17, 15) is 9.90 Å². The minimum absolute atomic E-state index is 0.0772. The van der Waals surface area contributed by atoms with E-state index in [1.54, 1.807) is 43.3 Å². The largest absolute Gasteiger partial charge is 0.502 e. The number of azo groups is 1. The van der Waals surface area contributed by atoms with E-state index in [-0.39, 0.29) is 17.2 Å². The van der Waals surface area contributed by atoms with Crippen molar-refractivity contribution < 1.29 is 13.9 Å². The lowest BCUT2D eigenvalue weighted by Crippen LogP contribution is -1.97. The lowest BCUT2D eigenvalue weighted by atomic mass is 10.1. The zero-order valence-corrected chi connectivity index (χ0v) is 13.7. The van der Waals surface area contributed by atoms with Gasteiger partial charge in [0.25, 0.3) is 5.88 Å². The fourth-order valence-electron chi connectivity index (χ4n) is 2.64. The Morgan fingerprint density at radius 3 is 2.72 bits per heavy atom. The van der Waals surface area contributed by atoms with Crippen LogP contribution in [0, 0.1) is 6.92 Å². The quantitative estimate of drug-likeness (QED) is 0.373. The third kappa shape index (κ3) is 2.66. The van der Waals surface area contributed by atoms with Crippen molar-refractivity contribution in [3.63, 3.8) is 0 Å². The molecule has 0 saturated carbocycles. The molecule has 25 heavy (non-hydrogen) atoms. The highest BCUT2D eigenvalue weighted by Crippen LogP contribution is 2.42. The molecule has 0 unspecified atom stereocenters. The number of benzene rings is 2. The average Bonchev–Trinajstić information content (AvgIpc) is 2.89. The van der Waals surface area contributed by atoms with E-state index in [0.29, 0.717) is 27.1 Å². The van der Waals surface area contributed by atoms with Gasteiger partial charge in [-0.2, -0.15) is 0 Å². The van der Waals surface area contributed by atoms with E-state index in [1.165, 1.54) is 6.07 Å². The van der Waals surface area contributed by atoms with Crippen molar-refractivity contribution in [3.05, 3.63) is 63.5 Å². The number of hydrogen-bond acceptors (Lipinski definition) is 6. The molecule has 2 aromatic heterocycles. The molecule has 6 nitrogen and oxygen atoms in total. The van der Waals surface area contributed by atoms with Gasteiger partial charge < -0.3 is 13.9 Å². The predicted octanol–water partition coefficient (Wildman–Crippen LogP) is 5.62. The van der Waals surface area contributed by atoms with Gasteiger partial charge in [0.1, 0.15) is 11.0 Å². The van der Waals surface area contributed by atoms with Crippen LogP contribution in [0.4, 0.5) is 11.6 Å². The Balaban J connectivity index is 1.90. The van der Waals surface area contributed by atoms with Crippen molar-refractivity contribution in [2.75, 3.05) is 0 Å². The van der Waals surface area contributed by atoms with E-state index in [4.69, 9.17) is 20.4 Å². The second kappa shape index (κ2) is 5.75. The summed E-state index contributed by atoms with van der Waals surface area (Å²) in [7, 11) is 0. The van der Waals surface area contributed by atoms with Gasteiger partial charge in [-0.1, -0.05) is 17.7 Å². The Morgan fingerprint density at radius 2 is 1.92 bits per heavy atom. The molecule has 0 aliphatic rings. The molecular formula is C18H11ClN2O4. The lowest BCUT2D eigenvalue weighted by molar-refractivity contribution is 0.467.